The minimum atomic E-state index is 0.213. The average Bonchev–Trinajstić information content (AvgIpc) is 2.08. The molecule has 0 heterocycles. The van der Waals surface area contributed by atoms with Crippen LogP contribution in [-0.4, -0.2) is 5.78 Å². The standard InChI is InChI=1S/C12H18O/c1-10(2)4-7-12(3)8-5-11(13)6-9-12/h4-5,8H,6-7,9H2,1-3H3. The van der Waals surface area contributed by atoms with Crippen molar-refractivity contribution in [3.05, 3.63) is 23.8 Å². The van der Waals surface area contributed by atoms with Crippen molar-refractivity contribution in [3.63, 3.8) is 0 Å². The van der Waals surface area contributed by atoms with E-state index in [2.05, 4.69) is 32.9 Å². The third kappa shape index (κ3) is 3.17. The van der Waals surface area contributed by atoms with Crippen LogP contribution in [0.3, 0.4) is 0 Å². The Bertz CT molecular complexity index is 256. The van der Waals surface area contributed by atoms with Gasteiger partial charge in [0.05, 0.1) is 0 Å². The van der Waals surface area contributed by atoms with Crippen molar-refractivity contribution in [2.45, 2.75) is 40.0 Å². The van der Waals surface area contributed by atoms with E-state index in [1.807, 2.05) is 0 Å². The number of allylic oxidation sites excluding steroid dienone is 4. The number of ketones is 1. The molecule has 0 aromatic rings. The van der Waals surface area contributed by atoms with Crippen molar-refractivity contribution in [1.29, 1.82) is 0 Å². The van der Waals surface area contributed by atoms with E-state index in [-0.39, 0.29) is 11.2 Å². The van der Waals surface area contributed by atoms with Gasteiger partial charge in [0.15, 0.2) is 5.78 Å². The Balaban J connectivity index is 2.62. The summed E-state index contributed by atoms with van der Waals surface area (Å²) in [4.78, 5) is 11.0. The first-order valence-electron chi connectivity index (χ1n) is 4.87. The summed E-state index contributed by atoms with van der Waals surface area (Å²) >= 11 is 0. The van der Waals surface area contributed by atoms with Gasteiger partial charge in [-0.1, -0.05) is 24.6 Å². The minimum absolute atomic E-state index is 0.213. The molecular weight excluding hydrogens is 160 g/mol. The lowest BCUT2D eigenvalue weighted by atomic mass is 9.77. The van der Waals surface area contributed by atoms with Crippen LogP contribution in [0, 0.1) is 5.41 Å². The molecule has 1 unspecified atom stereocenters. The number of hydrogen-bond acceptors (Lipinski definition) is 1. The van der Waals surface area contributed by atoms with E-state index < -0.39 is 0 Å². The molecule has 0 N–H and O–H groups in total. The molecule has 13 heavy (non-hydrogen) atoms. The van der Waals surface area contributed by atoms with E-state index in [1.54, 1.807) is 6.08 Å². The lowest BCUT2D eigenvalue weighted by Gasteiger charge is -2.27. The van der Waals surface area contributed by atoms with E-state index in [4.69, 9.17) is 0 Å². The molecule has 1 atom stereocenters. The lowest BCUT2D eigenvalue weighted by molar-refractivity contribution is -0.115. The molecule has 1 nitrogen and oxygen atoms in total. The monoisotopic (exact) mass is 178 g/mol. The van der Waals surface area contributed by atoms with Crippen LogP contribution in [0.4, 0.5) is 0 Å². The number of rotatable bonds is 2. The second-order valence-electron chi connectivity index (χ2n) is 4.44. The molecular formula is C12H18O. The Labute approximate surface area is 80.5 Å². The van der Waals surface area contributed by atoms with Crippen LogP contribution >= 0.6 is 0 Å². The molecule has 0 amide bonds. The van der Waals surface area contributed by atoms with Crippen molar-refractivity contribution >= 4 is 5.78 Å². The first-order valence-corrected chi connectivity index (χ1v) is 4.87. The number of hydrogen-bond donors (Lipinski definition) is 0. The molecule has 0 aliphatic heterocycles. The minimum Gasteiger partial charge on any atom is -0.295 e. The second-order valence-corrected chi connectivity index (χ2v) is 4.44. The van der Waals surface area contributed by atoms with Crippen LogP contribution in [0.25, 0.3) is 0 Å². The highest BCUT2D eigenvalue weighted by Gasteiger charge is 2.23. The second kappa shape index (κ2) is 3.91. The molecule has 0 spiro atoms. The zero-order valence-corrected chi connectivity index (χ0v) is 8.76. The first kappa shape index (κ1) is 10.2. The van der Waals surface area contributed by atoms with Crippen LogP contribution in [0.1, 0.15) is 40.0 Å². The summed E-state index contributed by atoms with van der Waals surface area (Å²) in [6.45, 7) is 6.44. The number of carbonyl (C=O) groups excluding carboxylic acids is 1. The van der Waals surface area contributed by atoms with Crippen molar-refractivity contribution in [3.8, 4) is 0 Å². The summed E-state index contributed by atoms with van der Waals surface area (Å²) in [6.07, 6.45) is 8.82. The van der Waals surface area contributed by atoms with Crippen molar-refractivity contribution < 1.29 is 4.79 Å². The first-order chi connectivity index (χ1) is 6.02. The zero-order valence-electron chi connectivity index (χ0n) is 8.76. The quantitative estimate of drug-likeness (QED) is 0.593. The summed E-state index contributed by atoms with van der Waals surface area (Å²) in [7, 11) is 0. The SMILES string of the molecule is CC(C)=CCC1(C)C=CC(=O)CC1. The van der Waals surface area contributed by atoms with Gasteiger partial charge in [0.25, 0.3) is 0 Å². The molecule has 1 rings (SSSR count). The van der Waals surface area contributed by atoms with Crippen molar-refractivity contribution in [2.75, 3.05) is 0 Å². The molecule has 0 saturated carbocycles. The van der Waals surface area contributed by atoms with Crippen LogP contribution in [0.15, 0.2) is 23.8 Å². The van der Waals surface area contributed by atoms with E-state index in [9.17, 15) is 4.79 Å². The van der Waals surface area contributed by atoms with Crippen molar-refractivity contribution in [2.24, 2.45) is 5.41 Å². The van der Waals surface area contributed by atoms with Gasteiger partial charge >= 0.3 is 0 Å². The van der Waals surface area contributed by atoms with Gasteiger partial charge < -0.3 is 0 Å². The Hall–Kier alpha value is -0.850. The van der Waals surface area contributed by atoms with Crippen LogP contribution in [0.5, 0.6) is 0 Å². The van der Waals surface area contributed by atoms with E-state index in [0.29, 0.717) is 6.42 Å². The third-order valence-corrected chi connectivity index (χ3v) is 2.59. The van der Waals surface area contributed by atoms with Crippen LogP contribution in [0.2, 0.25) is 0 Å². The molecule has 0 fully saturated rings. The molecule has 0 aromatic carbocycles. The normalized spacial score (nSPS) is 27.5. The molecule has 0 saturated heterocycles. The molecule has 0 bridgehead atoms. The third-order valence-electron chi connectivity index (χ3n) is 2.59. The van der Waals surface area contributed by atoms with Gasteiger partial charge in [0, 0.05) is 6.42 Å². The van der Waals surface area contributed by atoms with E-state index >= 15 is 0 Å². The van der Waals surface area contributed by atoms with E-state index in [0.717, 1.165) is 12.8 Å². The van der Waals surface area contributed by atoms with E-state index in [1.165, 1.54) is 5.57 Å². The Kier molecular flexibility index (Phi) is 3.07. The lowest BCUT2D eigenvalue weighted by Crippen LogP contribution is -2.18. The van der Waals surface area contributed by atoms with Crippen LogP contribution in [-0.2, 0) is 4.79 Å². The van der Waals surface area contributed by atoms with Gasteiger partial charge in [-0.15, -0.1) is 0 Å². The molecule has 72 valence electrons. The van der Waals surface area contributed by atoms with Crippen molar-refractivity contribution in [1.82, 2.24) is 0 Å². The van der Waals surface area contributed by atoms with Gasteiger partial charge in [0.1, 0.15) is 0 Å². The maximum Gasteiger partial charge on any atom is 0.155 e. The Morgan fingerprint density at radius 2 is 2.31 bits per heavy atom. The largest absolute Gasteiger partial charge is 0.295 e. The zero-order chi connectivity index (χ0) is 9.90. The maximum absolute atomic E-state index is 11.0. The fraction of sp³-hybridized carbons (Fsp3) is 0.583. The number of carbonyl (C=O) groups is 1. The molecule has 1 heteroatoms. The Morgan fingerprint density at radius 3 is 2.77 bits per heavy atom. The molecule has 1 aliphatic rings. The highest BCUT2D eigenvalue weighted by molar-refractivity contribution is 5.90. The predicted octanol–water partition coefficient (Wildman–Crippen LogP) is 3.27. The highest BCUT2D eigenvalue weighted by atomic mass is 16.1. The summed E-state index contributed by atoms with van der Waals surface area (Å²) < 4.78 is 0. The Morgan fingerprint density at radius 1 is 1.62 bits per heavy atom. The smallest absolute Gasteiger partial charge is 0.155 e. The fourth-order valence-corrected chi connectivity index (χ4v) is 1.48. The van der Waals surface area contributed by atoms with Crippen LogP contribution < -0.4 is 0 Å². The van der Waals surface area contributed by atoms with Gasteiger partial charge in [-0.25, -0.2) is 0 Å². The summed E-state index contributed by atoms with van der Waals surface area (Å²) in [6, 6.07) is 0. The van der Waals surface area contributed by atoms with Gasteiger partial charge in [-0.05, 0) is 38.2 Å². The summed E-state index contributed by atoms with van der Waals surface area (Å²) in [5.41, 5.74) is 1.57. The van der Waals surface area contributed by atoms with Gasteiger partial charge in [-0.3, -0.25) is 4.79 Å². The van der Waals surface area contributed by atoms with Gasteiger partial charge in [-0.2, -0.15) is 0 Å². The summed E-state index contributed by atoms with van der Waals surface area (Å²) in [5.74, 6) is 0.273. The molecule has 0 aromatic heterocycles. The fourth-order valence-electron chi connectivity index (χ4n) is 1.48. The predicted molar refractivity (Wildman–Crippen MR) is 55.5 cm³/mol. The average molecular weight is 178 g/mol. The van der Waals surface area contributed by atoms with Gasteiger partial charge in [0.2, 0.25) is 0 Å². The molecule has 0 radical (unpaired) electrons. The topological polar surface area (TPSA) is 17.1 Å². The maximum atomic E-state index is 11.0. The highest BCUT2D eigenvalue weighted by Crippen LogP contribution is 2.33. The molecule has 1 aliphatic carbocycles. The summed E-state index contributed by atoms with van der Waals surface area (Å²) in [5, 5.41) is 0.